The number of nitrogens with zero attached hydrogens (tertiary/aromatic N) is 3. The largest absolute Gasteiger partial charge is 0.461 e. The second kappa shape index (κ2) is 7.76. The van der Waals surface area contributed by atoms with Gasteiger partial charge in [0.1, 0.15) is 6.10 Å². The fourth-order valence-electron chi connectivity index (χ4n) is 4.68. The molecule has 1 atom stereocenters. The molecule has 3 saturated heterocycles. The van der Waals surface area contributed by atoms with Gasteiger partial charge in [-0.05, 0) is 39.7 Å². The van der Waals surface area contributed by atoms with Crippen LogP contribution in [-0.2, 0) is 19.8 Å². The number of amides is 1. The van der Waals surface area contributed by atoms with Crippen LogP contribution in [0.25, 0.3) is 0 Å². The lowest BCUT2D eigenvalue weighted by atomic mass is 9.76. The van der Waals surface area contributed by atoms with E-state index in [1.807, 2.05) is 23.4 Å². The lowest BCUT2D eigenvalue weighted by Crippen LogP contribution is -2.45. The topological polar surface area (TPSA) is 64.0 Å². The standard InChI is InChI=1S/C22H33N3O4/c1-21(2,3)25-7-4-17(15-25)19(26)24-8-5-22(6-9-24)14-18(29-20(22)27)16-23-10-12-28-13-11-23/h4,7,15,18H,5-6,8-14,16H2,1-3H3. The molecule has 1 unspecified atom stereocenters. The summed E-state index contributed by atoms with van der Waals surface area (Å²) in [6, 6.07) is 1.89. The Balaban J connectivity index is 1.34. The van der Waals surface area contributed by atoms with Crippen LogP contribution in [0.15, 0.2) is 18.5 Å². The van der Waals surface area contributed by atoms with E-state index in [0.29, 0.717) is 25.9 Å². The van der Waals surface area contributed by atoms with E-state index in [2.05, 4.69) is 30.2 Å². The first kappa shape index (κ1) is 20.4. The van der Waals surface area contributed by atoms with Crippen molar-refractivity contribution in [3.8, 4) is 0 Å². The Morgan fingerprint density at radius 1 is 1.17 bits per heavy atom. The third-order valence-corrected chi connectivity index (χ3v) is 6.61. The molecule has 4 heterocycles. The molecule has 3 aliphatic heterocycles. The van der Waals surface area contributed by atoms with Gasteiger partial charge >= 0.3 is 5.97 Å². The van der Waals surface area contributed by atoms with E-state index in [4.69, 9.17) is 9.47 Å². The molecule has 0 bridgehead atoms. The number of carbonyl (C=O) groups excluding carboxylic acids is 2. The number of carbonyl (C=O) groups is 2. The first-order valence-corrected chi connectivity index (χ1v) is 10.8. The van der Waals surface area contributed by atoms with E-state index < -0.39 is 5.41 Å². The molecule has 4 rings (SSSR count). The zero-order valence-corrected chi connectivity index (χ0v) is 17.9. The fraction of sp³-hybridized carbons (Fsp3) is 0.727. The highest BCUT2D eigenvalue weighted by Crippen LogP contribution is 2.43. The third-order valence-electron chi connectivity index (χ3n) is 6.61. The molecule has 1 aromatic rings. The second-order valence-corrected chi connectivity index (χ2v) is 9.70. The number of likely N-dealkylation sites (tertiary alicyclic amines) is 1. The highest BCUT2D eigenvalue weighted by molar-refractivity contribution is 5.94. The van der Waals surface area contributed by atoms with E-state index in [0.717, 1.165) is 44.8 Å². The van der Waals surface area contributed by atoms with Gasteiger partial charge in [-0.3, -0.25) is 14.5 Å². The quantitative estimate of drug-likeness (QED) is 0.724. The van der Waals surface area contributed by atoms with Crippen molar-refractivity contribution in [2.45, 2.75) is 51.7 Å². The number of hydrogen-bond donors (Lipinski definition) is 0. The minimum atomic E-state index is -0.412. The number of aromatic nitrogens is 1. The Kier molecular flexibility index (Phi) is 5.46. The predicted molar refractivity (Wildman–Crippen MR) is 109 cm³/mol. The number of hydrogen-bond acceptors (Lipinski definition) is 5. The van der Waals surface area contributed by atoms with Gasteiger partial charge in [0.15, 0.2) is 0 Å². The second-order valence-electron chi connectivity index (χ2n) is 9.70. The van der Waals surface area contributed by atoms with Crippen molar-refractivity contribution in [2.24, 2.45) is 5.41 Å². The summed E-state index contributed by atoms with van der Waals surface area (Å²) in [5.74, 6) is -0.0131. The predicted octanol–water partition coefficient (Wildman–Crippen LogP) is 2.11. The molecule has 0 radical (unpaired) electrons. The normalized spacial score (nSPS) is 25.4. The molecule has 1 aromatic heterocycles. The molecule has 0 aromatic carbocycles. The minimum Gasteiger partial charge on any atom is -0.461 e. The Bertz CT molecular complexity index is 752. The summed E-state index contributed by atoms with van der Waals surface area (Å²) in [5, 5.41) is 0. The van der Waals surface area contributed by atoms with Crippen LogP contribution in [0.3, 0.4) is 0 Å². The first-order chi connectivity index (χ1) is 13.8. The van der Waals surface area contributed by atoms with Gasteiger partial charge in [-0.1, -0.05) is 0 Å². The van der Waals surface area contributed by atoms with E-state index >= 15 is 0 Å². The number of rotatable bonds is 3. The van der Waals surface area contributed by atoms with Gasteiger partial charge < -0.3 is 18.9 Å². The molecular formula is C22H33N3O4. The molecule has 3 fully saturated rings. The Morgan fingerprint density at radius 3 is 2.48 bits per heavy atom. The molecule has 1 amide bonds. The van der Waals surface area contributed by atoms with Gasteiger partial charge in [0.2, 0.25) is 0 Å². The van der Waals surface area contributed by atoms with E-state index in [-0.39, 0.29) is 23.5 Å². The number of morpholine rings is 1. The summed E-state index contributed by atoms with van der Waals surface area (Å²) >= 11 is 0. The van der Waals surface area contributed by atoms with Gasteiger partial charge in [0.25, 0.3) is 5.91 Å². The maximum atomic E-state index is 12.9. The van der Waals surface area contributed by atoms with E-state index in [1.165, 1.54) is 0 Å². The molecule has 7 nitrogen and oxygen atoms in total. The number of piperidine rings is 1. The average Bonchev–Trinajstić information content (AvgIpc) is 3.29. The van der Waals surface area contributed by atoms with Crippen LogP contribution in [0.1, 0.15) is 50.4 Å². The van der Waals surface area contributed by atoms with E-state index in [9.17, 15) is 9.59 Å². The molecule has 3 aliphatic rings. The lowest BCUT2D eigenvalue weighted by molar-refractivity contribution is -0.151. The number of esters is 1. The van der Waals surface area contributed by atoms with Gasteiger partial charge in [0, 0.05) is 57.1 Å². The van der Waals surface area contributed by atoms with Crippen LogP contribution >= 0.6 is 0 Å². The van der Waals surface area contributed by atoms with Gasteiger partial charge in [-0.15, -0.1) is 0 Å². The van der Waals surface area contributed by atoms with Gasteiger partial charge in [-0.2, -0.15) is 0 Å². The lowest BCUT2D eigenvalue weighted by Gasteiger charge is -2.36. The molecule has 160 valence electrons. The van der Waals surface area contributed by atoms with Crippen LogP contribution in [0.4, 0.5) is 0 Å². The van der Waals surface area contributed by atoms with Crippen molar-refractivity contribution < 1.29 is 19.1 Å². The number of ether oxygens (including phenoxy) is 2. The molecule has 1 spiro atoms. The monoisotopic (exact) mass is 403 g/mol. The molecule has 0 aliphatic carbocycles. The zero-order valence-electron chi connectivity index (χ0n) is 17.9. The third kappa shape index (κ3) is 4.21. The highest BCUT2D eigenvalue weighted by Gasteiger charge is 2.51. The van der Waals surface area contributed by atoms with Gasteiger partial charge in [0.05, 0.1) is 24.2 Å². The Morgan fingerprint density at radius 2 is 1.86 bits per heavy atom. The summed E-state index contributed by atoms with van der Waals surface area (Å²) in [4.78, 5) is 29.8. The minimum absolute atomic E-state index is 0.0383. The summed E-state index contributed by atoms with van der Waals surface area (Å²) in [6.07, 6.45) is 6.00. The summed E-state index contributed by atoms with van der Waals surface area (Å²) in [6.45, 7) is 11.7. The van der Waals surface area contributed by atoms with Crippen LogP contribution in [-0.4, -0.2) is 78.3 Å². The van der Waals surface area contributed by atoms with Crippen molar-refractivity contribution in [2.75, 3.05) is 45.9 Å². The molecular weight excluding hydrogens is 370 g/mol. The first-order valence-electron chi connectivity index (χ1n) is 10.8. The molecule has 7 heteroatoms. The highest BCUT2D eigenvalue weighted by atomic mass is 16.6. The zero-order chi connectivity index (χ0) is 20.6. The SMILES string of the molecule is CC(C)(C)n1ccc(C(=O)N2CCC3(CC2)CC(CN2CCOCC2)OC3=O)c1. The van der Waals surface area contributed by atoms with Gasteiger partial charge in [-0.25, -0.2) is 0 Å². The van der Waals surface area contributed by atoms with E-state index in [1.54, 1.807) is 0 Å². The number of cyclic esters (lactones) is 1. The van der Waals surface area contributed by atoms with Crippen molar-refractivity contribution in [1.29, 1.82) is 0 Å². The maximum Gasteiger partial charge on any atom is 0.312 e. The van der Waals surface area contributed by atoms with Crippen molar-refractivity contribution in [3.05, 3.63) is 24.0 Å². The van der Waals surface area contributed by atoms with Crippen LogP contribution < -0.4 is 0 Å². The summed E-state index contributed by atoms with van der Waals surface area (Å²) in [7, 11) is 0. The average molecular weight is 404 g/mol. The van der Waals surface area contributed by atoms with Crippen molar-refractivity contribution >= 4 is 11.9 Å². The summed E-state index contributed by atoms with van der Waals surface area (Å²) in [5.41, 5.74) is 0.258. The van der Waals surface area contributed by atoms with Crippen molar-refractivity contribution in [1.82, 2.24) is 14.4 Å². The van der Waals surface area contributed by atoms with Crippen LogP contribution in [0.5, 0.6) is 0 Å². The molecule has 0 saturated carbocycles. The Labute approximate surface area is 172 Å². The van der Waals surface area contributed by atoms with Crippen LogP contribution in [0, 0.1) is 5.41 Å². The van der Waals surface area contributed by atoms with Crippen molar-refractivity contribution in [3.63, 3.8) is 0 Å². The summed E-state index contributed by atoms with van der Waals surface area (Å²) < 4.78 is 13.2. The smallest absolute Gasteiger partial charge is 0.312 e. The molecule has 29 heavy (non-hydrogen) atoms. The Hall–Kier alpha value is -1.86. The van der Waals surface area contributed by atoms with Crippen LogP contribution in [0.2, 0.25) is 0 Å². The molecule has 0 N–H and O–H groups in total. The fourth-order valence-corrected chi connectivity index (χ4v) is 4.68. The maximum absolute atomic E-state index is 12.9.